The van der Waals surface area contributed by atoms with E-state index in [-0.39, 0.29) is 35.6 Å². The fourth-order valence-electron chi connectivity index (χ4n) is 5.93. The first kappa shape index (κ1) is 45.2. The standard InChI is InChI=1S/C21H25.C11H17.2C7H5Cl.2ClH.Zr/c1-20(2,3)16-9-7-14-11-15-8-10-17(21(4,5)6)13-19(15)18(14)12-16;1-8-6-9(2)10(7-8)11(3,4)5;2*1-6-2-4-7(8)5-3-6;;;/h7-13H,1-6H3;7-8H,1-5H3;2*1-5H;2*1H;/q2*-1;;;;;/p-2. The van der Waals surface area contributed by atoms with Crippen molar-refractivity contribution < 1.29 is 47.1 Å². The third-order valence-corrected chi connectivity index (χ3v) is 11.7. The summed E-state index contributed by atoms with van der Waals surface area (Å²) in [6.45, 7) is 24.8. The number of hydrogen-bond acceptors (Lipinski definition) is 0. The molecular weight excluding hydrogens is 786 g/mol. The first-order valence-corrected chi connectivity index (χ1v) is 20.8. The molecule has 1 aliphatic carbocycles. The number of allylic oxidation sites excluding steroid dienone is 4. The van der Waals surface area contributed by atoms with Crippen LogP contribution in [0, 0.1) is 17.4 Å². The topological polar surface area (TPSA) is 0 Å². The Labute approximate surface area is 341 Å². The van der Waals surface area contributed by atoms with Crippen LogP contribution in [0.25, 0.3) is 21.5 Å². The maximum atomic E-state index is 5.84. The summed E-state index contributed by atoms with van der Waals surface area (Å²) < 4.78 is 4.66. The van der Waals surface area contributed by atoms with Crippen molar-refractivity contribution in [2.75, 3.05) is 0 Å². The van der Waals surface area contributed by atoms with Gasteiger partial charge in [-0.1, -0.05) is 123 Å². The Hall–Kier alpha value is -1.99. The first-order valence-electron chi connectivity index (χ1n) is 17.2. The van der Waals surface area contributed by atoms with E-state index in [2.05, 4.69) is 162 Å². The van der Waals surface area contributed by atoms with Crippen molar-refractivity contribution in [2.45, 2.75) is 87.0 Å². The van der Waals surface area contributed by atoms with Crippen molar-refractivity contribution in [3.63, 3.8) is 0 Å². The Morgan fingerprint density at radius 3 is 1.29 bits per heavy atom. The monoisotopic (exact) mass is 834 g/mol. The van der Waals surface area contributed by atoms with Crippen molar-refractivity contribution in [2.24, 2.45) is 11.3 Å². The second-order valence-corrected chi connectivity index (χ2v) is 19.3. The van der Waals surface area contributed by atoms with Crippen LogP contribution in [-0.2, 0) is 33.1 Å². The van der Waals surface area contributed by atoms with Crippen LogP contribution in [0.1, 0.15) is 98.4 Å². The molecule has 1 aliphatic rings. The van der Waals surface area contributed by atoms with Gasteiger partial charge in [0, 0.05) is 0 Å². The smallest absolute Gasteiger partial charge is 1.00 e. The van der Waals surface area contributed by atoms with Crippen LogP contribution in [0.4, 0.5) is 0 Å². The van der Waals surface area contributed by atoms with E-state index in [1.165, 1.54) is 54.9 Å². The predicted octanol–water partition coefficient (Wildman–Crippen LogP) is 7.75. The molecule has 0 fully saturated rings. The molecule has 0 N–H and O–H groups in total. The van der Waals surface area contributed by atoms with Gasteiger partial charge in [0.25, 0.3) is 0 Å². The molecule has 1 unspecified atom stereocenters. The molecule has 5 aromatic rings. The third-order valence-electron chi connectivity index (χ3n) is 8.75. The van der Waals surface area contributed by atoms with Crippen LogP contribution >= 0.6 is 23.2 Å². The quantitative estimate of drug-likeness (QED) is 0.160. The summed E-state index contributed by atoms with van der Waals surface area (Å²) in [7, 11) is 0. The fourth-order valence-corrected chi connectivity index (χ4v) is 8.28. The van der Waals surface area contributed by atoms with Crippen molar-refractivity contribution in [1.82, 2.24) is 0 Å². The first-order chi connectivity index (χ1) is 22.8. The molecule has 5 heteroatoms. The number of rotatable bonds is 2. The van der Waals surface area contributed by atoms with Gasteiger partial charge in [-0.05, 0) is 10.8 Å². The van der Waals surface area contributed by atoms with Gasteiger partial charge in [0.15, 0.2) is 0 Å². The van der Waals surface area contributed by atoms with Gasteiger partial charge in [0.1, 0.15) is 0 Å². The zero-order valence-electron chi connectivity index (χ0n) is 32.0. The van der Waals surface area contributed by atoms with E-state index in [4.69, 9.17) is 23.2 Å². The summed E-state index contributed by atoms with van der Waals surface area (Å²) in [6, 6.07) is 32.1. The maximum absolute atomic E-state index is 5.84. The van der Waals surface area contributed by atoms with Crippen molar-refractivity contribution in [3.8, 4) is 0 Å². The third kappa shape index (κ3) is 13.1. The number of hydrogen-bond donors (Lipinski definition) is 0. The zero-order valence-corrected chi connectivity index (χ0v) is 37.5. The molecule has 0 heterocycles. The molecule has 0 amide bonds. The van der Waals surface area contributed by atoms with Crippen LogP contribution in [0.2, 0.25) is 10.0 Å². The van der Waals surface area contributed by atoms with E-state index in [0.717, 1.165) is 10.0 Å². The van der Waals surface area contributed by atoms with Gasteiger partial charge in [0.2, 0.25) is 0 Å². The molecule has 0 saturated carbocycles. The number of halogens is 4. The summed E-state index contributed by atoms with van der Waals surface area (Å²) >= 11 is 11.0. The summed E-state index contributed by atoms with van der Waals surface area (Å²) in [5.74, 6) is 0.518. The van der Waals surface area contributed by atoms with Crippen LogP contribution in [0.3, 0.4) is 0 Å². The molecule has 0 radical (unpaired) electrons. The predicted molar refractivity (Wildman–Crippen MR) is 217 cm³/mol. The van der Waals surface area contributed by atoms with Gasteiger partial charge >= 0.3 is 123 Å². The number of fused-ring (bicyclic) bond motifs is 3. The zero-order chi connectivity index (χ0) is 36.1. The van der Waals surface area contributed by atoms with Crippen LogP contribution in [-0.4, -0.2) is 7.42 Å². The van der Waals surface area contributed by atoms with Gasteiger partial charge in [-0.3, -0.25) is 6.08 Å². The van der Waals surface area contributed by atoms with Gasteiger partial charge < -0.3 is 24.8 Å². The second-order valence-electron chi connectivity index (χ2n) is 16.2. The van der Waals surface area contributed by atoms with E-state index in [0.29, 0.717) is 11.3 Å². The molecule has 0 spiro atoms. The van der Waals surface area contributed by atoms with Crippen LogP contribution in [0.5, 0.6) is 0 Å². The van der Waals surface area contributed by atoms with Gasteiger partial charge in [-0.25, -0.2) is 5.57 Å². The van der Waals surface area contributed by atoms with Crippen molar-refractivity contribution in [3.05, 3.63) is 147 Å². The van der Waals surface area contributed by atoms with E-state index < -0.39 is 22.3 Å². The van der Waals surface area contributed by atoms with E-state index in [1.54, 1.807) is 0 Å². The largest absolute Gasteiger partial charge is 1.00 e. The molecule has 0 aromatic heterocycles. The minimum absolute atomic E-state index is 0. The van der Waals surface area contributed by atoms with E-state index in [9.17, 15) is 0 Å². The SMILES string of the molecule is CC(C)(C)c1ccc2[cH-]c3ccc(C(C)(C)C)cc3c2c1.CC1=[C-]C(C)C=C1C(C)(C)C.Clc1ccc([CH]=[Zr]=[CH]c2ccc(Cl)cc2)cc1.[Cl-].[Cl-]. The van der Waals surface area contributed by atoms with Crippen LogP contribution in [0.15, 0.2) is 108 Å². The number of benzene rings is 4. The Bertz CT molecular complexity index is 1900. The summed E-state index contributed by atoms with van der Waals surface area (Å²) in [5.41, 5.74) is 8.81. The average molecular weight is 838 g/mol. The Balaban J connectivity index is 0.000000272. The molecule has 0 nitrogen and oxygen atoms in total. The minimum atomic E-state index is -0.623. The van der Waals surface area contributed by atoms with Crippen LogP contribution < -0.4 is 24.8 Å². The molecule has 1 atom stereocenters. The molecule has 5 aromatic carbocycles. The minimum Gasteiger partial charge on any atom is -1.00 e. The Kier molecular flexibility index (Phi) is 16.7. The van der Waals surface area contributed by atoms with Crippen molar-refractivity contribution in [1.29, 1.82) is 0 Å². The Morgan fingerprint density at radius 1 is 0.608 bits per heavy atom. The maximum Gasteiger partial charge on any atom is -1.00 e. The molecule has 51 heavy (non-hydrogen) atoms. The molecular formula is C46H52Cl4Zr-4. The van der Waals surface area contributed by atoms with Gasteiger partial charge in [-0.15, -0.1) is 39.7 Å². The fraction of sp³-hybridized carbons (Fsp3) is 0.326. The summed E-state index contributed by atoms with van der Waals surface area (Å²) in [4.78, 5) is 0. The average Bonchev–Trinajstić information content (AvgIpc) is 3.57. The summed E-state index contributed by atoms with van der Waals surface area (Å²) in [6.07, 6.45) is 5.71. The molecule has 0 aliphatic heterocycles. The molecule has 0 saturated heterocycles. The van der Waals surface area contributed by atoms with Crippen molar-refractivity contribution >= 4 is 52.2 Å². The summed E-state index contributed by atoms with van der Waals surface area (Å²) in [5, 5.41) is 7.06. The van der Waals surface area contributed by atoms with E-state index >= 15 is 0 Å². The molecule has 272 valence electrons. The van der Waals surface area contributed by atoms with Gasteiger partial charge in [-0.2, -0.15) is 11.6 Å². The van der Waals surface area contributed by atoms with Gasteiger partial charge in [0.05, 0.1) is 0 Å². The Morgan fingerprint density at radius 2 is 1.00 bits per heavy atom. The molecule has 0 bridgehead atoms. The normalized spacial score (nSPS) is 14.0. The molecule has 6 rings (SSSR count). The second kappa shape index (κ2) is 18.9. The van der Waals surface area contributed by atoms with E-state index in [1.807, 2.05) is 24.3 Å².